The van der Waals surface area contributed by atoms with Crippen LogP contribution >= 0.6 is 0 Å². The fourth-order valence-electron chi connectivity index (χ4n) is 1.72. The minimum absolute atomic E-state index is 0.0651. The molecule has 0 bridgehead atoms. The van der Waals surface area contributed by atoms with Crippen molar-refractivity contribution in [1.29, 1.82) is 0 Å². The molecule has 126 valence electrons. The van der Waals surface area contributed by atoms with Crippen LogP contribution in [0.2, 0.25) is 0 Å². The van der Waals surface area contributed by atoms with Crippen molar-refractivity contribution in [2.24, 2.45) is 5.41 Å². The standard InChI is InChI=1S/C16H18N4O4/c1-16(2,3)14(23)18-10-6-4-9(5-7-10)12(21)19-11-8-17-15(24)20-13(11)22/h4-8H,1-3H3,(H,18,23)(H,19,21)(H2,17,20,22,24). The van der Waals surface area contributed by atoms with Crippen LogP contribution in [0.5, 0.6) is 0 Å². The molecule has 4 N–H and O–H groups in total. The van der Waals surface area contributed by atoms with Gasteiger partial charge in [-0.1, -0.05) is 20.8 Å². The Labute approximate surface area is 137 Å². The smallest absolute Gasteiger partial charge is 0.325 e. The van der Waals surface area contributed by atoms with E-state index < -0.39 is 22.6 Å². The molecular weight excluding hydrogens is 312 g/mol. The third-order valence-electron chi connectivity index (χ3n) is 3.15. The molecule has 0 aliphatic carbocycles. The third-order valence-corrected chi connectivity index (χ3v) is 3.15. The first-order chi connectivity index (χ1) is 11.2. The fraction of sp³-hybridized carbons (Fsp3) is 0.250. The van der Waals surface area contributed by atoms with Gasteiger partial charge in [0, 0.05) is 22.9 Å². The summed E-state index contributed by atoms with van der Waals surface area (Å²) in [5, 5.41) is 5.15. The van der Waals surface area contributed by atoms with Gasteiger partial charge in [-0.2, -0.15) is 0 Å². The predicted octanol–water partition coefficient (Wildman–Crippen LogP) is 1.30. The highest BCUT2D eigenvalue weighted by Gasteiger charge is 2.21. The summed E-state index contributed by atoms with van der Waals surface area (Å²) < 4.78 is 0. The Morgan fingerprint density at radius 2 is 1.62 bits per heavy atom. The number of aromatic nitrogens is 2. The predicted molar refractivity (Wildman–Crippen MR) is 90.2 cm³/mol. The third kappa shape index (κ3) is 4.19. The van der Waals surface area contributed by atoms with Crippen molar-refractivity contribution in [3.8, 4) is 0 Å². The second kappa shape index (κ2) is 6.53. The van der Waals surface area contributed by atoms with Gasteiger partial charge in [0.25, 0.3) is 11.5 Å². The Morgan fingerprint density at radius 1 is 1.00 bits per heavy atom. The lowest BCUT2D eigenvalue weighted by Crippen LogP contribution is -2.27. The lowest BCUT2D eigenvalue weighted by atomic mass is 9.95. The second-order valence-corrected chi connectivity index (χ2v) is 6.22. The number of hydrogen-bond donors (Lipinski definition) is 4. The van der Waals surface area contributed by atoms with E-state index in [1.165, 1.54) is 12.1 Å². The zero-order valence-electron chi connectivity index (χ0n) is 13.5. The molecule has 2 amide bonds. The zero-order chi connectivity index (χ0) is 17.9. The first-order valence-electron chi connectivity index (χ1n) is 7.22. The molecule has 8 heteroatoms. The highest BCUT2D eigenvalue weighted by atomic mass is 16.2. The van der Waals surface area contributed by atoms with Gasteiger partial charge >= 0.3 is 5.69 Å². The van der Waals surface area contributed by atoms with Crippen molar-refractivity contribution in [1.82, 2.24) is 9.97 Å². The monoisotopic (exact) mass is 330 g/mol. The lowest BCUT2D eigenvalue weighted by molar-refractivity contribution is -0.123. The Kier molecular flexibility index (Phi) is 4.68. The molecule has 0 spiro atoms. The average molecular weight is 330 g/mol. The van der Waals surface area contributed by atoms with Crippen LogP contribution < -0.4 is 21.9 Å². The van der Waals surface area contributed by atoms with E-state index in [9.17, 15) is 19.2 Å². The van der Waals surface area contributed by atoms with E-state index in [1.54, 1.807) is 32.9 Å². The molecule has 0 aliphatic rings. The number of amides is 2. The Hall–Kier alpha value is -3.16. The van der Waals surface area contributed by atoms with Gasteiger partial charge in [0.05, 0.1) is 0 Å². The summed E-state index contributed by atoms with van der Waals surface area (Å²) in [6.07, 6.45) is 1.12. The van der Waals surface area contributed by atoms with Gasteiger partial charge in [-0.05, 0) is 24.3 Å². The minimum Gasteiger partial charge on any atom is -0.326 e. The van der Waals surface area contributed by atoms with Gasteiger partial charge in [0.1, 0.15) is 5.69 Å². The van der Waals surface area contributed by atoms with Crippen molar-refractivity contribution in [2.75, 3.05) is 10.6 Å². The van der Waals surface area contributed by atoms with Crippen molar-refractivity contribution in [3.05, 3.63) is 56.9 Å². The van der Waals surface area contributed by atoms with Crippen molar-refractivity contribution >= 4 is 23.2 Å². The largest absolute Gasteiger partial charge is 0.326 e. The topological polar surface area (TPSA) is 124 Å². The number of carbonyl (C=O) groups excluding carboxylic acids is 2. The molecule has 0 unspecified atom stereocenters. The average Bonchev–Trinajstić information content (AvgIpc) is 2.49. The number of hydrogen-bond acceptors (Lipinski definition) is 4. The molecule has 24 heavy (non-hydrogen) atoms. The molecule has 0 saturated heterocycles. The molecule has 2 aromatic rings. The molecule has 2 rings (SSSR count). The Morgan fingerprint density at radius 3 is 2.17 bits per heavy atom. The van der Waals surface area contributed by atoms with E-state index in [0.717, 1.165) is 6.20 Å². The van der Waals surface area contributed by atoms with Crippen LogP contribution in [0.15, 0.2) is 40.1 Å². The van der Waals surface area contributed by atoms with E-state index in [-0.39, 0.29) is 11.6 Å². The van der Waals surface area contributed by atoms with Crippen LogP contribution in [0.4, 0.5) is 11.4 Å². The highest BCUT2D eigenvalue weighted by molar-refractivity contribution is 6.04. The molecule has 1 aromatic carbocycles. The summed E-state index contributed by atoms with van der Waals surface area (Å²) in [7, 11) is 0. The van der Waals surface area contributed by atoms with E-state index in [0.29, 0.717) is 11.3 Å². The van der Waals surface area contributed by atoms with Crippen molar-refractivity contribution in [3.63, 3.8) is 0 Å². The van der Waals surface area contributed by atoms with Crippen LogP contribution in [0, 0.1) is 5.41 Å². The maximum absolute atomic E-state index is 12.1. The van der Waals surface area contributed by atoms with Crippen LogP contribution in [0.1, 0.15) is 31.1 Å². The molecule has 0 aliphatic heterocycles. The molecule has 1 heterocycles. The number of aromatic amines is 2. The van der Waals surface area contributed by atoms with Crippen molar-refractivity contribution < 1.29 is 9.59 Å². The first kappa shape index (κ1) is 17.2. The molecule has 0 saturated carbocycles. The van der Waals surface area contributed by atoms with Gasteiger partial charge in [0.2, 0.25) is 5.91 Å². The summed E-state index contributed by atoms with van der Waals surface area (Å²) >= 11 is 0. The van der Waals surface area contributed by atoms with Crippen LogP contribution in [0.25, 0.3) is 0 Å². The van der Waals surface area contributed by atoms with E-state index >= 15 is 0 Å². The van der Waals surface area contributed by atoms with Crippen LogP contribution in [0.3, 0.4) is 0 Å². The Bertz CT molecular complexity index is 872. The first-order valence-corrected chi connectivity index (χ1v) is 7.22. The summed E-state index contributed by atoms with van der Waals surface area (Å²) in [4.78, 5) is 50.8. The normalized spacial score (nSPS) is 11.0. The number of H-pyrrole nitrogens is 2. The van der Waals surface area contributed by atoms with Crippen LogP contribution in [-0.4, -0.2) is 21.8 Å². The Balaban J connectivity index is 2.10. The van der Waals surface area contributed by atoms with Gasteiger partial charge in [0.15, 0.2) is 0 Å². The maximum Gasteiger partial charge on any atom is 0.325 e. The van der Waals surface area contributed by atoms with Gasteiger partial charge in [-0.25, -0.2) is 4.79 Å². The molecule has 0 radical (unpaired) electrons. The quantitative estimate of drug-likeness (QED) is 0.677. The zero-order valence-corrected chi connectivity index (χ0v) is 13.5. The van der Waals surface area contributed by atoms with E-state index in [2.05, 4.69) is 15.6 Å². The van der Waals surface area contributed by atoms with E-state index in [1.807, 2.05) is 4.98 Å². The number of nitrogens with one attached hydrogen (secondary N) is 4. The van der Waals surface area contributed by atoms with Gasteiger partial charge < -0.3 is 15.6 Å². The van der Waals surface area contributed by atoms with E-state index in [4.69, 9.17) is 0 Å². The summed E-state index contributed by atoms with van der Waals surface area (Å²) in [5.41, 5.74) is -1.08. The number of rotatable bonds is 3. The summed E-state index contributed by atoms with van der Waals surface area (Å²) in [6, 6.07) is 6.23. The maximum atomic E-state index is 12.1. The van der Waals surface area contributed by atoms with Gasteiger partial charge in [-0.3, -0.25) is 19.4 Å². The molecule has 1 aromatic heterocycles. The van der Waals surface area contributed by atoms with Crippen LogP contribution in [-0.2, 0) is 4.79 Å². The fourth-order valence-corrected chi connectivity index (χ4v) is 1.72. The molecule has 0 fully saturated rings. The summed E-state index contributed by atoms with van der Waals surface area (Å²) in [5.74, 6) is -0.652. The number of benzene rings is 1. The van der Waals surface area contributed by atoms with Crippen molar-refractivity contribution in [2.45, 2.75) is 20.8 Å². The highest BCUT2D eigenvalue weighted by Crippen LogP contribution is 2.18. The number of carbonyl (C=O) groups is 2. The molecule has 0 atom stereocenters. The SMILES string of the molecule is CC(C)(C)C(=O)Nc1ccc(C(=O)Nc2c[nH]c(=O)[nH]c2=O)cc1. The number of anilines is 2. The van der Waals surface area contributed by atoms with Gasteiger partial charge in [-0.15, -0.1) is 0 Å². The lowest BCUT2D eigenvalue weighted by Gasteiger charge is -2.17. The summed E-state index contributed by atoms with van der Waals surface area (Å²) in [6.45, 7) is 5.39. The molecular formula is C16H18N4O4. The second-order valence-electron chi connectivity index (χ2n) is 6.22. The molecule has 8 nitrogen and oxygen atoms in total. The minimum atomic E-state index is -0.693.